The van der Waals surface area contributed by atoms with Gasteiger partial charge in [0, 0.05) is 11.9 Å². The molecule has 6 nitrogen and oxygen atoms in total. The number of hydrogen-bond donors (Lipinski definition) is 1. The van der Waals surface area contributed by atoms with Gasteiger partial charge in [-0.25, -0.2) is 0 Å². The Morgan fingerprint density at radius 2 is 2.38 bits per heavy atom. The van der Waals surface area contributed by atoms with Gasteiger partial charge in [0.15, 0.2) is 5.69 Å². The van der Waals surface area contributed by atoms with E-state index in [1.807, 2.05) is 12.1 Å². The van der Waals surface area contributed by atoms with Crippen LogP contribution in [0.4, 0.5) is 5.69 Å². The van der Waals surface area contributed by atoms with Crippen LogP contribution in [-0.2, 0) is 0 Å². The second kappa shape index (κ2) is 4.01. The highest BCUT2D eigenvalue weighted by Crippen LogP contribution is 2.24. The van der Waals surface area contributed by atoms with Crippen molar-refractivity contribution in [1.29, 1.82) is 0 Å². The number of hydrogen-bond acceptors (Lipinski definition) is 4. The summed E-state index contributed by atoms with van der Waals surface area (Å²) in [7, 11) is 0. The minimum atomic E-state index is -0.500. The molecular weight excluding hydrogens is 210 g/mol. The molecule has 82 valence electrons. The summed E-state index contributed by atoms with van der Waals surface area (Å²) in [6, 6.07) is 3.67. The summed E-state index contributed by atoms with van der Waals surface area (Å²) < 4.78 is 4.86. The van der Waals surface area contributed by atoms with Crippen molar-refractivity contribution >= 4 is 17.8 Å². The van der Waals surface area contributed by atoms with Crippen LogP contribution in [0.25, 0.3) is 12.2 Å². The summed E-state index contributed by atoms with van der Waals surface area (Å²) in [6.07, 6.45) is 4.97. The number of aryl methyl sites for hydroxylation is 1. The molecule has 0 radical (unpaired) electrons. The fourth-order valence-corrected chi connectivity index (χ4v) is 1.33. The lowest BCUT2D eigenvalue weighted by Gasteiger charge is -1.87. The van der Waals surface area contributed by atoms with Crippen molar-refractivity contribution in [3.63, 3.8) is 0 Å². The van der Waals surface area contributed by atoms with E-state index in [9.17, 15) is 10.1 Å². The van der Waals surface area contributed by atoms with Crippen molar-refractivity contribution in [3.8, 4) is 0 Å². The molecule has 0 bridgehead atoms. The van der Waals surface area contributed by atoms with Crippen molar-refractivity contribution in [2.45, 2.75) is 6.92 Å². The number of H-pyrrole nitrogens is 1. The van der Waals surface area contributed by atoms with Gasteiger partial charge in [-0.3, -0.25) is 10.1 Å². The smallest absolute Gasteiger partial charge is 0.338 e. The van der Waals surface area contributed by atoms with Crippen LogP contribution in [0.2, 0.25) is 0 Å². The highest BCUT2D eigenvalue weighted by molar-refractivity contribution is 5.70. The number of nitrogens with zero attached hydrogens (tertiary/aromatic N) is 2. The first kappa shape index (κ1) is 10.2. The van der Waals surface area contributed by atoms with Crippen molar-refractivity contribution in [2.75, 3.05) is 0 Å². The molecule has 16 heavy (non-hydrogen) atoms. The van der Waals surface area contributed by atoms with Gasteiger partial charge >= 0.3 is 5.69 Å². The molecule has 6 heteroatoms. The van der Waals surface area contributed by atoms with E-state index in [2.05, 4.69) is 10.1 Å². The predicted octanol–water partition coefficient (Wildman–Crippen LogP) is 2.39. The van der Waals surface area contributed by atoms with Crippen molar-refractivity contribution in [2.24, 2.45) is 0 Å². The highest BCUT2D eigenvalue weighted by Gasteiger charge is 2.21. The number of nitro groups is 1. The van der Waals surface area contributed by atoms with Crippen molar-refractivity contribution in [3.05, 3.63) is 45.6 Å². The fourth-order valence-electron chi connectivity index (χ4n) is 1.33. The Morgan fingerprint density at radius 3 is 3.00 bits per heavy atom. The third kappa shape index (κ3) is 1.85. The molecule has 2 aromatic rings. The number of nitrogens with one attached hydrogen (secondary N) is 1. The molecule has 0 amide bonds. The topological polar surface area (TPSA) is 85.0 Å². The molecule has 0 aliphatic carbocycles. The van der Waals surface area contributed by atoms with Crippen LogP contribution in [0, 0.1) is 17.0 Å². The fraction of sp³-hybridized carbons (Fsp3) is 0.100. The summed E-state index contributed by atoms with van der Waals surface area (Å²) in [5.74, 6) is 0.150. The maximum atomic E-state index is 10.7. The van der Waals surface area contributed by atoms with Crippen LogP contribution in [0.1, 0.15) is 17.1 Å². The van der Waals surface area contributed by atoms with E-state index in [1.165, 1.54) is 13.0 Å². The summed E-state index contributed by atoms with van der Waals surface area (Å²) in [4.78, 5) is 13.2. The van der Waals surface area contributed by atoms with E-state index < -0.39 is 4.92 Å². The SMILES string of the molecule is Cc1noc(/C=C/c2ccc[nH]2)c1[N+](=O)[O-]. The molecule has 0 aliphatic heterocycles. The quantitative estimate of drug-likeness (QED) is 0.634. The minimum absolute atomic E-state index is 0.0946. The van der Waals surface area contributed by atoms with Crippen molar-refractivity contribution < 1.29 is 9.45 Å². The van der Waals surface area contributed by atoms with Crippen LogP contribution in [0.5, 0.6) is 0 Å². The van der Waals surface area contributed by atoms with Gasteiger partial charge in [0.2, 0.25) is 5.76 Å². The van der Waals surface area contributed by atoms with E-state index in [-0.39, 0.29) is 17.1 Å². The zero-order chi connectivity index (χ0) is 11.5. The molecular formula is C10H9N3O3. The molecule has 0 saturated carbocycles. The standard InChI is InChI=1S/C10H9N3O3/c1-7-10(13(14)15)9(16-12-7)5-4-8-3-2-6-11-8/h2-6,11H,1H3/b5-4+. The van der Waals surface area contributed by atoms with Crippen LogP contribution in [0.3, 0.4) is 0 Å². The molecule has 0 atom stereocenters. The number of aromatic nitrogens is 2. The van der Waals surface area contributed by atoms with Gasteiger partial charge in [-0.05, 0) is 31.2 Å². The monoisotopic (exact) mass is 219 g/mol. The molecule has 0 fully saturated rings. The lowest BCUT2D eigenvalue weighted by atomic mass is 10.3. The summed E-state index contributed by atoms with van der Waals surface area (Å²) >= 11 is 0. The normalized spacial score (nSPS) is 11.1. The van der Waals surface area contributed by atoms with E-state index in [0.717, 1.165) is 5.69 Å². The summed E-state index contributed by atoms with van der Waals surface area (Å²) in [6.45, 7) is 1.54. The second-order valence-electron chi connectivity index (χ2n) is 3.20. The zero-order valence-electron chi connectivity index (χ0n) is 8.51. The number of rotatable bonds is 3. The average Bonchev–Trinajstić information content (AvgIpc) is 2.83. The van der Waals surface area contributed by atoms with Crippen LogP contribution < -0.4 is 0 Å². The van der Waals surface area contributed by atoms with E-state index in [1.54, 1.807) is 12.3 Å². The molecule has 2 heterocycles. The Balaban J connectivity index is 2.32. The van der Waals surface area contributed by atoms with Gasteiger partial charge in [-0.15, -0.1) is 0 Å². The van der Waals surface area contributed by atoms with E-state index >= 15 is 0 Å². The Kier molecular flexibility index (Phi) is 2.55. The van der Waals surface area contributed by atoms with Gasteiger partial charge in [-0.2, -0.15) is 0 Å². The molecule has 2 rings (SSSR count). The Bertz CT molecular complexity index is 526. The second-order valence-corrected chi connectivity index (χ2v) is 3.20. The first-order valence-electron chi connectivity index (χ1n) is 4.60. The summed E-state index contributed by atoms with van der Waals surface area (Å²) in [5.41, 5.74) is 1.02. The van der Waals surface area contributed by atoms with Gasteiger partial charge in [-0.1, -0.05) is 5.16 Å². The average molecular weight is 219 g/mol. The van der Waals surface area contributed by atoms with Gasteiger partial charge in [0.25, 0.3) is 0 Å². The van der Waals surface area contributed by atoms with E-state index in [4.69, 9.17) is 4.52 Å². The van der Waals surface area contributed by atoms with Gasteiger partial charge in [0.1, 0.15) is 0 Å². The Labute approximate surface area is 90.7 Å². The predicted molar refractivity (Wildman–Crippen MR) is 57.6 cm³/mol. The molecule has 0 spiro atoms. The molecule has 0 saturated heterocycles. The first-order valence-corrected chi connectivity index (χ1v) is 4.60. The lowest BCUT2D eigenvalue weighted by Crippen LogP contribution is -1.90. The minimum Gasteiger partial charge on any atom is -0.362 e. The van der Waals surface area contributed by atoms with Crippen LogP contribution >= 0.6 is 0 Å². The Morgan fingerprint density at radius 1 is 1.56 bits per heavy atom. The molecule has 0 aliphatic rings. The summed E-state index contributed by atoms with van der Waals surface area (Å²) in [5, 5.41) is 14.3. The highest BCUT2D eigenvalue weighted by atomic mass is 16.6. The van der Waals surface area contributed by atoms with Gasteiger partial charge < -0.3 is 9.51 Å². The first-order chi connectivity index (χ1) is 7.68. The van der Waals surface area contributed by atoms with Crippen molar-refractivity contribution in [1.82, 2.24) is 10.1 Å². The van der Waals surface area contributed by atoms with Gasteiger partial charge in [0.05, 0.1) is 4.92 Å². The number of aromatic amines is 1. The lowest BCUT2D eigenvalue weighted by molar-refractivity contribution is -0.386. The molecule has 1 N–H and O–H groups in total. The van der Waals surface area contributed by atoms with Crippen LogP contribution in [0.15, 0.2) is 22.9 Å². The molecule has 2 aromatic heterocycles. The zero-order valence-corrected chi connectivity index (χ0v) is 8.51. The van der Waals surface area contributed by atoms with E-state index in [0.29, 0.717) is 0 Å². The third-order valence-electron chi connectivity index (χ3n) is 2.08. The Hall–Kier alpha value is -2.37. The third-order valence-corrected chi connectivity index (χ3v) is 2.08. The molecule has 0 aromatic carbocycles. The largest absolute Gasteiger partial charge is 0.362 e. The molecule has 0 unspecified atom stereocenters. The maximum Gasteiger partial charge on any atom is 0.338 e. The maximum absolute atomic E-state index is 10.7. The van der Waals surface area contributed by atoms with Crippen LogP contribution in [-0.4, -0.2) is 15.1 Å².